The van der Waals surface area contributed by atoms with Crippen molar-refractivity contribution < 1.29 is 17.6 Å². The van der Waals surface area contributed by atoms with Crippen molar-refractivity contribution in [3.05, 3.63) is 71.5 Å². The summed E-state index contributed by atoms with van der Waals surface area (Å²) >= 11 is 5.86. The smallest absolute Gasteiger partial charge is 0.243 e. The minimum absolute atomic E-state index is 0.0266. The minimum Gasteiger partial charge on any atom is -0.323 e. The van der Waals surface area contributed by atoms with Gasteiger partial charge in [0.25, 0.3) is 0 Å². The molecular formula is C22H20ClFN2O3S. The van der Waals surface area contributed by atoms with Crippen LogP contribution in [-0.4, -0.2) is 31.7 Å². The molecule has 1 amide bonds. The van der Waals surface area contributed by atoms with Crippen molar-refractivity contribution in [2.75, 3.05) is 18.4 Å². The normalized spacial score (nSPS) is 15.9. The quantitative estimate of drug-likeness (QED) is 0.633. The molecule has 0 saturated carbocycles. The molecule has 0 unspecified atom stereocenters. The largest absolute Gasteiger partial charge is 0.323 e. The molecule has 0 aliphatic carbocycles. The Morgan fingerprint density at radius 1 is 1.00 bits per heavy atom. The molecule has 1 aliphatic heterocycles. The molecule has 30 heavy (non-hydrogen) atoms. The van der Waals surface area contributed by atoms with Crippen LogP contribution in [0.15, 0.2) is 65.6 Å². The Bertz CT molecular complexity index is 1210. The Morgan fingerprint density at radius 2 is 1.70 bits per heavy atom. The number of fused-ring (bicyclic) bond motifs is 1. The zero-order valence-electron chi connectivity index (χ0n) is 16.0. The molecule has 0 aromatic heterocycles. The number of amides is 1. The molecule has 156 valence electrons. The number of nitrogens with one attached hydrogen (secondary N) is 1. The van der Waals surface area contributed by atoms with E-state index in [-0.39, 0.29) is 29.6 Å². The summed E-state index contributed by atoms with van der Waals surface area (Å²) in [6, 6.07) is 16.6. The van der Waals surface area contributed by atoms with E-state index in [0.717, 1.165) is 10.8 Å². The molecule has 1 heterocycles. The van der Waals surface area contributed by atoms with Gasteiger partial charge in [0.1, 0.15) is 5.82 Å². The monoisotopic (exact) mass is 446 g/mol. The molecule has 0 bridgehead atoms. The predicted molar refractivity (Wildman–Crippen MR) is 115 cm³/mol. The van der Waals surface area contributed by atoms with Crippen molar-refractivity contribution >= 4 is 44.0 Å². The van der Waals surface area contributed by atoms with Gasteiger partial charge in [0, 0.05) is 24.0 Å². The van der Waals surface area contributed by atoms with Crippen LogP contribution in [0.25, 0.3) is 10.8 Å². The van der Waals surface area contributed by atoms with Gasteiger partial charge in [-0.1, -0.05) is 41.9 Å². The van der Waals surface area contributed by atoms with Crippen LogP contribution >= 0.6 is 11.6 Å². The zero-order chi connectivity index (χ0) is 21.3. The third kappa shape index (κ3) is 4.19. The minimum atomic E-state index is -3.65. The van der Waals surface area contributed by atoms with Crippen LogP contribution in [0.4, 0.5) is 10.1 Å². The van der Waals surface area contributed by atoms with Crippen LogP contribution in [0.1, 0.15) is 12.8 Å². The molecule has 4 rings (SSSR count). The van der Waals surface area contributed by atoms with Crippen LogP contribution in [0, 0.1) is 11.7 Å². The highest BCUT2D eigenvalue weighted by Crippen LogP contribution is 2.27. The first-order valence-corrected chi connectivity index (χ1v) is 11.4. The van der Waals surface area contributed by atoms with Gasteiger partial charge in [0.15, 0.2) is 0 Å². The van der Waals surface area contributed by atoms with Crippen LogP contribution in [0.2, 0.25) is 5.02 Å². The summed E-state index contributed by atoms with van der Waals surface area (Å²) < 4.78 is 41.3. The second-order valence-corrected chi connectivity index (χ2v) is 9.68. The molecule has 1 saturated heterocycles. The standard InChI is InChI=1S/C22H20ClFN2O3S/c23-18-6-8-20(24)21(14-18)25-22(27)16-9-11-26(12-10-16)30(28,29)19-7-5-15-3-1-2-4-17(15)13-19/h1-8,13-14,16H,9-12H2,(H,25,27). The van der Waals surface area contributed by atoms with Gasteiger partial charge in [-0.2, -0.15) is 4.31 Å². The van der Waals surface area contributed by atoms with Crippen molar-refractivity contribution in [2.24, 2.45) is 5.92 Å². The first-order chi connectivity index (χ1) is 14.3. The highest BCUT2D eigenvalue weighted by Gasteiger charge is 2.32. The molecule has 8 heteroatoms. The van der Waals surface area contributed by atoms with E-state index in [1.165, 1.54) is 22.5 Å². The van der Waals surface area contributed by atoms with Crippen molar-refractivity contribution in [3.8, 4) is 0 Å². The van der Waals surface area contributed by atoms with E-state index >= 15 is 0 Å². The number of benzene rings is 3. The summed E-state index contributed by atoms with van der Waals surface area (Å²) in [4.78, 5) is 12.8. The van der Waals surface area contributed by atoms with Crippen LogP contribution in [0.3, 0.4) is 0 Å². The summed E-state index contributed by atoms with van der Waals surface area (Å²) in [5.74, 6) is -1.30. The number of halogens is 2. The van der Waals surface area contributed by atoms with Gasteiger partial charge < -0.3 is 5.32 Å². The molecule has 0 spiro atoms. The number of sulfonamides is 1. The zero-order valence-corrected chi connectivity index (χ0v) is 17.6. The highest BCUT2D eigenvalue weighted by molar-refractivity contribution is 7.89. The third-order valence-corrected chi connectivity index (χ3v) is 7.50. The van der Waals surface area contributed by atoms with E-state index in [1.54, 1.807) is 18.2 Å². The fourth-order valence-electron chi connectivity index (χ4n) is 3.66. The number of hydrogen-bond donors (Lipinski definition) is 1. The molecule has 1 fully saturated rings. The van der Waals surface area contributed by atoms with Gasteiger partial charge in [-0.15, -0.1) is 0 Å². The number of piperidine rings is 1. The number of nitrogens with zero attached hydrogens (tertiary/aromatic N) is 1. The van der Waals surface area contributed by atoms with Gasteiger partial charge >= 0.3 is 0 Å². The summed E-state index contributed by atoms with van der Waals surface area (Å²) in [6.07, 6.45) is 0.724. The van der Waals surface area contributed by atoms with Crippen molar-refractivity contribution in [3.63, 3.8) is 0 Å². The number of anilines is 1. The summed E-state index contributed by atoms with van der Waals surface area (Å²) in [6.45, 7) is 0.455. The molecule has 1 N–H and O–H groups in total. The van der Waals surface area contributed by atoms with Crippen LogP contribution in [-0.2, 0) is 14.8 Å². The SMILES string of the molecule is O=C(Nc1cc(Cl)ccc1F)C1CCN(S(=O)(=O)c2ccc3ccccc3c2)CC1. The molecular weight excluding hydrogens is 427 g/mol. The molecule has 3 aromatic carbocycles. The van der Waals surface area contributed by atoms with E-state index in [0.29, 0.717) is 17.9 Å². The van der Waals surface area contributed by atoms with E-state index in [9.17, 15) is 17.6 Å². The Balaban J connectivity index is 1.44. The van der Waals surface area contributed by atoms with Gasteiger partial charge in [-0.3, -0.25) is 4.79 Å². The van der Waals surface area contributed by atoms with E-state index in [1.807, 2.05) is 24.3 Å². The average molecular weight is 447 g/mol. The van der Waals surface area contributed by atoms with Gasteiger partial charge in [0.2, 0.25) is 15.9 Å². The Morgan fingerprint density at radius 3 is 2.43 bits per heavy atom. The lowest BCUT2D eigenvalue weighted by Gasteiger charge is -2.30. The Kier molecular flexibility index (Phi) is 5.77. The summed E-state index contributed by atoms with van der Waals surface area (Å²) in [5, 5.41) is 4.71. The first-order valence-electron chi connectivity index (χ1n) is 9.59. The number of carbonyl (C=O) groups excluding carboxylic acids is 1. The van der Waals surface area contributed by atoms with E-state index in [4.69, 9.17) is 11.6 Å². The maximum Gasteiger partial charge on any atom is 0.243 e. The van der Waals surface area contributed by atoms with Crippen molar-refractivity contribution in [2.45, 2.75) is 17.7 Å². The topological polar surface area (TPSA) is 66.5 Å². The van der Waals surface area contributed by atoms with Gasteiger partial charge in [0.05, 0.1) is 10.6 Å². The first kappa shape index (κ1) is 20.8. The molecule has 3 aromatic rings. The average Bonchev–Trinajstić information content (AvgIpc) is 2.76. The van der Waals surface area contributed by atoms with Gasteiger partial charge in [-0.05, 0) is 53.9 Å². The molecule has 5 nitrogen and oxygen atoms in total. The van der Waals surface area contributed by atoms with Crippen molar-refractivity contribution in [1.82, 2.24) is 4.31 Å². The lowest BCUT2D eigenvalue weighted by molar-refractivity contribution is -0.120. The Hall–Kier alpha value is -2.48. The lowest BCUT2D eigenvalue weighted by Crippen LogP contribution is -2.41. The van der Waals surface area contributed by atoms with E-state index < -0.39 is 21.8 Å². The maximum absolute atomic E-state index is 13.9. The second-order valence-electron chi connectivity index (χ2n) is 7.30. The fourth-order valence-corrected chi connectivity index (χ4v) is 5.34. The van der Waals surface area contributed by atoms with E-state index in [2.05, 4.69) is 5.32 Å². The summed E-state index contributed by atoms with van der Waals surface area (Å²) in [7, 11) is -3.65. The number of hydrogen-bond acceptors (Lipinski definition) is 3. The maximum atomic E-state index is 13.9. The van der Waals surface area contributed by atoms with Crippen molar-refractivity contribution in [1.29, 1.82) is 0 Å². The Labute approximate surface area is 179 Å². The molecule has 1 aliphatic rings. The second kappa shape index (κ2) is 8.34. The third-order valence-electron chi connectivity index (χ3n) is 5.37. The molecule has 0 atom stereocenters. The lowest BCUT2D eigenvalue weighted by atomic mass is 9.97. The summed E-state index contributed by atoms with van der Waals surface area (Å²) in [5.41, 5.74) is 0.0266. The van der Waals surface area contributed by atoms with Gasteiger partial charge in [-0.25, -0.2) is 12.8 Å². The predicted octanol–water partition coefficient (Wildman–Crippen LogP) is 4.67. The molecule has 0 radical (unpaired) electrons. The fraction of sp³-hybridized carbons (Fsp3) is 0.227. The van der Waals surface area contributed by atoms with Crippen LogP contribution in [0.5, 0.6) is 0 Å². The number of rotatable bonds is 4. The highest BCUT2D eigenvalue weighted by atomic mass is 35.5. The van der Waals surface area contributed by atoms with Crippen LogP contribution < -0.4 is 5.32 Å². The number of carbonyl (C=O) groups is 1.